The van der Waals surface area contributed by atoms with E-state index in [1.807, 2.05) is 61.6 Å². The maximum atomic E-state index is 11.9. The fraction of sp³-hybridized carbons (Fsp3) is 0.188. The van der Waals surface area contributed by atoms with Crippen LogP contribution in [0.15, 0.2) is 36.5 Å². The molecule has 1 aromatic carbocycles. The average Bonchev–Trinajstić information content (AvgIpc) is 2.89. The first-order valence-corrected chi connectivity index (χ1v) is 7.53. The molecule has 2 aromatic rings. The number of carbonyl (C=O) groups excluding carboxylic acids is 1. The van der Waals surface area contributed by atoms with E-state index < -0.39 is 0 Å². The molecule has 0 amide bonds. The molecule has 1 aromatic heterocycles. The van der Waals surface area contributed by atoms with E-state index in [1.54, 1.807) is 0 Å². The number of carbonyl (C=O) groups is 1. The summed E-state index contributed by atoms with van der Waals surface area (Å²) in [6.45, 7) is 0. The van der Waals surface area contributed by atoms with Crippen molar-refractivity contribution in [3.05, 3.63) is 52.0 Å². The normalized spacial score (nSPS) is 10.9. The first-order chi connectivity index (χ1) is 10.0. The third kappa shape index (κ3) is 3.86. The topological polar surface area (TPSA) is 29.5 Å². The highest BCUT2D eigenvalue weighted by Gasteiger charge is 2.16. The van der Waals surface area contributed by atoms with Crippen LogP contribution < -0.4 is 0 Å². The van der Waals surface area contributed by atoms with Gasteiger partial charge in [0, 0.05) is 29.6 Å². The molecule has 5 heteroatoms. The second-order valence-electron chi connectivity index (χ2n) is 4.67. The molecule has 0 saturated heterocycles. The molecule has 0 fully saturated rings. The lowest BCUT2D eigenvalue weighted by atomic mass is 10.1. The highest BCUT2D eigenvalue weighted by atomic mass is 35.5. The first-order valence-electron chi connectivity index (χ1n) is 6.34. The van der Waals surface area contributed by atoms with Gasteiger partial charge in [-0.25, -0.2) is 4.79 Å². The Balaban J connectivity index is 2.44. The third-order valence-electron chi connectivity index (χ3n) is 2.81. The quantitative estimate of drug-likeness (QED) is 0.782. The van der Waals surface area contributed by atoms with E-state index in [1.165, 1.54) is 18.4 Å². The minimum Gasteiger partial charge on any atom is -0.465 e. The van der Waals surface area contributed by atoms with Crippen molar-refractivity contribution < 1.29 is 9.53 Å². The van der Waals surface area contributed by atoms with Crippen molar-refractivity contribution in [3.63, 3.8) is 0 Å². The molecule has 0 radical (unpaired) electrons. The number of halogens is 1. The summed E-state index contributed by atoms with van der Waals surface area (Å²) in [5.74, 6) is -0.321. The summed E-state index contributed by atoms with van der Waals surface area (Å²) in [6.07, 6.45) is 3.81. The maximum absolute atomic E-state index is 11.9. The van der Waals surface area contributed by atoms with Crippen LogP contribution in [0, 0.1) is 0 Å². The Kier molecular flexibility index (Phi) is 5.04. The Bertz CT molecular complexity index is 659. The fourth-order valence-corrected chi connectivity index (χ4v) is 2.96. The molecule has 0 bridgehead atoms. The van der Waals surface area contributed by atoms with Crippen molar-refractivity contribution in [2.45, 2.75) is 0 Å². The van der Waals surface area contributed by atoms with Crippen LogP contribution in [0.4, 0.5) is 0 Å². The van der Waals surface area contributed by atoms with Gasteiger partial charge >= 0.3 is 5.97 Å². The molecule has 1 heterocycles. The third-order valence-corrected chi connectivity index (χ3v) is 4.24. The van der Waals surface area contributed by atoms with Gasteiger partial charge in [0.1, 0.15) is 4.88 Å². The van der Waals surface area contributed by atoms with Crippen molar-refractivity contribution in [3.8, 4) is 10.4 Å². The zero-order chi connectivity index (χ0) is 15.4. The molecule has 0 aliphatic carbocycles. The average molecular weight is 322 g/mol. The van der Waals surface area contributed by atoms with Crippen molar-refractivity contribution >= 4 is 35.0 Å². The van der Waals surface area contributed by atoms with Crippen molar-refractivity contribution in [1.82, 2.24) is 4.90 Å². The van der Waals surface area contributed by atoms with E-state index >= 15 is 0 Å². The monoisotopic (exact) mass is 321 g/mol. The van der Waals surface area contributed by atoms with E-state index in [2.05, 4.69) is 0 Å². The number of ether oxygens (including phenoxy) is 1. The number of rotatable bonds is 4. The van der Waals surface area contributed by atoms with E-state index in [0.29, 0.717) is 9.90 Å². The van der Waals surface area contributed by atoms with Crippen LogP contribution >= 0.6 is 22.9 Å². The molecule has 0 spiro atoms. The van der Waals surface area contributed by atoms with Gasteiger partial charge in [0.2, 0.25) is 0 Å². The van der Waals surface area contributed by atoms with Gasteiger partial charge in [0.05, 0.1) is 7.11 Å². The van der Waals surface area contributed by atoms with Crippen molar-refractivity contribution in [2.24, 2.45) is 0 Å². The van der Waals surface area contributed by atoms with E-state index in [4.69, 9.17) is 16.3 Å². The zero-order valence-corrected chi connectivity index (χ0v) is 13.7. The van der Waals surface area contributed by atoms with Gasteiger partial charge in [-0.3, -0.25) is 0 Å². The molecule has 0 aliphatic heterocycles. The largest absolute Gasteiger partial charge is 0.465 e. The van der Waals surface area contributed by atoms with Crippen LogP contribution in [-0.2, 0) is 4.74 Å². The lowest BCUT2D eigenvalue weighted by Gasteiger charge is -2.03. The molecule has 21 heavy (non-hydrogen) atoms. The molecule has 0 aliphatic rings. The standard InChI is InChI=1S/C16H16ClNO2S/c1-18(2)9-8-12-10-14(21-15(12)16(19)20-3)11-4-6-13(17)7-5-11/h4-10H,1-3H3/b9-8+. The lowest BCUT2D eigenvalue weighted by Crippen LogP contribution is -2.02. The van der Waals surface area contributed by atoms with Gasteiger partial charge in [0.25, 0.3) is 0 Å². The van der Waals surface area contributed by atoms with E-state index in [0.717, 1.165) is 16.0 Å². The Morgan fingerprint density at radius 2 is 1.95 bits per heavy atom. The maximum Gasteiger partial charge on any atom is 0.348 e. The molecule has 0 unspecified atom stereocenters. The summed E-state index contributed by atoms with van der Waals surface area (Å²) < 4.78 is 4.85. The Labute approximate surface area is 133 Å². The molecule has 0 atom stereocenters. The fourth-order valence-electron chi connectivity index (χ4n) is 1.77. The number of nitrogens with zero attached hydrogens (tertiary/aromatic N) is 1. The van der Waals surface area contributed by atoms with Crippen LogP contribution in [0.25, 0.3) is 16.5 Å². The Morgan fingerprint density at radius 1 is 1.29 bits per heavy atom. The Hall–Kier alpha value is -1.78. The van der Waals surface area contributed by atoms with Gasteiger partial charge < -0.3 is 9.64 Å². The summed E-state index contributed by atoms with van der Waals surface area (Å²) in [5.41, 5.74) is 1.88. The van der Waals surface area contributed by atoms with Crippen LogP contribution in [-0.4, -0.2) is 32.1 Å². The van der Waals surface area contributed by atoms with Crippen LogP contribution in [0.3, 0.4) is 0 Å². The lowest BCUT2D eigenvalue weighted by molar-refractivity contribution is 0.0606. The molecular formula is C16H16ClNO2S. The number of hydrogen-bond donors (Lipinski definition) is 0. The van der Waals surface area contributed by atoms with E-state index in [9.17, 15) is 4.79 Å². The SMILES string of the molecule is COC(=O)c1sc(-c2ccc(Cl)cc2)cc1/C=C/N(C)C. The molecule has 3 nitrogen and oxygen atoms in total. The van der Waals surface area contributed by atoms with Gasteiger partial charge in [-0.15, -0.1) is 11.3 Å². The molecular weight excluding hydrogens is 306 g/mol. The molecule has 110 valence electrons. The number of hydrogen-bond acceptors (Lipinski definition) is 4. The second-order valence-corrected chi connectivity index (χ2v) is 6.16. The predicted molar refractivity (Wildman–Crippen MR) is 88.8 cm³/mol. The summed E-state index contributed by atoms with van der Waals surface area (Å²) in [5, 5.41) is 0.691. The van der Waals surface area contributed by atoms with Gasteiger partial charge in [-0.1, -0.05) is 23.7 Å². The van der Waals surface area contributed by atoms with Gasteiger partial charge in [0.15, 0.2) is 0 Å². The Morgan fingerprint density at radius 3 is 2.52 bits per heavy atom. The first kappa shape index (κ1) is 15.6. The number of thiophene rings is 1. The van der Waals surface area contributed by atoms with Gasteiger partial charge in [-0.2, -0.15) is 0 Å². The van der Waals surface area contributed by atoms with Crippen LogP contribution in [0.2, 0.25) is 5.02 Å². The molecule has 0 saturated carbocycles. The smallest absolute Gasteiger partial charge is 0.348 e. The number of methoxy groups -OCH3 is 1. The summed E-state index contributed by atoms with van der Waals surface area (Å²) in [6, 6.07) is 9.54. The second kappa shape index (κ2) is 6.78. The predicted octanol–water partition coefficient (Wildman–Crippen LogP) is 4.39. The molecule has 0 N–H and O–H groups in total. The number of esters is 1. The summed E-state index contributed by atoms with van der Waals surface area (Å²) in [7, 11) is 5.25. The van der Waals surface area contributed by atoms with Crippen LogP contribution in [0.5, 0.6) is 0 Å². The van der Waals surface area contributed by atoms with Gasteiger partial charge in [-0.05, 0) is 36.0 Å². The highest BCUT2D eigenvalue weighted by molar-refractivity contribution is 7.17. The zero-order valence-electron chi connectivity index (χ0n) is 12.1. The minimum atomic E-state index is -0.321. The summed E-state index contributed by atoms with van der Waals surface area (Å²) >= 11 is 7.32. The minimum absolute atomic E-state index is 0.321. The molecule has 2 rings (SSSR count). The van der Waals surface area contributed by atoms with Crippen molar-refractivity contribution in [1.29, 1.82) is 0 Å². The number of benzene rings is 1. The van der Waals surface area contributed by atoms with Crippen LogP contribution in [0.1, 0.15) is 15.2 Å². The van der Waals surface area contributed by atoms with Crippen molar-refractivity contribution in [2.75, 3.05) is 21.2 Å². The summed E-state index contributed by atoms with van der Waals surface area (Å²) in [4.78, 5) is 15.4. The van der Waals surface area contributed by atoms with E-state index in [-0.39, 0.29) is 5.97 Å². The highest BCUT2D eigenvalue weighted by Crippen LogP contribution is 2.33.